The summed E-state index contributed by atoms with van der Waals surface area (Å²) in [5.74, 6) is 0.508. The number of nitrogens with zero attached hydrogens (tertiary/aromatic N) is 2. The highest BCUT2D eigenvalue weighted by Crippen LogP contribution is 2.36. The average molecular weight is 264 g/mol. The zero-order valence-electron chi connectivity index (χ0n) is 12.9. The molecule has 0 radical (unpaired) electrons. The molecular formula is C16H28N2O. The van der Waals surface area contributed by atoms with Crippen LogP contribution in [0.25, 0.3) is 0 Å². The molecule has 1 fully saturated rings. The SMILES string of the molecule is CC(C)CN(C(=O)C1(C#N)CCCCCC1)C(C)C. The van der Waals surface area contributed by atoms with Crippen LogP contribution in [0, 0.1) is 22.7 Å². The molecule has 1 saturated carbocycles. The lowest BCUT2D eigenvalue weighted by Crippen LogP contribution is -2.48. The van der Waals surface area contributed by atoms with Crippen LogP contribution in [0.15, 0.2) is 0 Å². The van der Waals surface area contributed by atoms with E-state index in [0.29, 0.717) is 5.92 Å². The van der Waals surface area contributed by atoms with E-state index in [4.69, 9.17) is 0 Å². The maximum atomic E-state index is 12.9. The molecule has 0 spiro atoms. The van der Waals surface area contributed by atoms with E-state index < -0.39 is 5.41 Å². The van der Waals surface area contributed by atoms with Crippen molar-refractivity contribution in [1.82, 2.24) is 4.90 Å². The number of amides is 1. The highest BCUT2D eigenvalue weighted by molar-refractivity contribution is 5.85. The molecule has 0 bridgehead atoms. The summed E-state index contributed by atoms with van der Waals surface area (Å²) in [6.07, 6.45) is 5.80. The molecule has 0 aromatic rings. The van der Waals surface area contributed by atoms with E-state index in [1.165, 1.54) is 0 Å². The first-order valence-electron chi connectivity index (χ1n) is 7.65. The fourth-order valence-corrected chi connectivity index (χ4v) is 2.90. The zero-order valence-corrected chi connectivity index (χ0v) is 12.9. The van der Waals surface area contributed by atoms with Crippen LogP contribution in [0.2, 0.25) is 0 Å². The van der Waals surface area contributed by atoms with Crippen LogP contribution >= 0.6 is 0 Å². The van der Waals surface area contributed by atoms with Gasteiger partial charge in [-0.1, -0.05) is 39.5 Å². The monoisotopic (exact) mass is 264 g/mol. The molecule has 0 aromatic carbocycles. The number of hydrogen-bond donors (Lipinski definition) is 0. The highest BCUT2D eigenvalue weighted by atomic mass is 16.2. The Morgan fingerprint density at radius 2 is 1.68 bits per heavy atom. The van der Waals surface area contributed by atoms with Gasteiger partial charge in [0.15, 0.2) is 0 Å². The van der Waals surface area contributed by atoms with Gasteiger partial charge in [-0.2, -0.15) is 5.26 Å². The van der Waals surface area contributed by atoms with Crippen LogP contribution in [-0.2, 0) is 4.79 Å². The summed E-state index contributed by atoms with van der Waals surface area (Å²) in [5.41, 5.74) is -0.754. The highest BCUT2D eigenvalue weighted by Gasteiger charge is 2.42. The van der Waals surface area contributed by atoms with Crippen molar-refractivity contribution in [2.75, 3.05) is 6.54 Å². The predicted molar refractivity (Wildman–Crippen MR) is 77.4 cm³/mol. The molecule has 19 heavy (non-hydrogen) atoms. The number of hydrogen-bond acceptors (Lipinski definition) is 2. The van der Waals surface area contributed by atoms with Crippen LogP contribution < -0.4 is 0 Å². The van der Waals surface area contributed by atoms with Gasteiger partial charge in [-0.05, 0) is 32.6 Å². The minimum atomic E-state index is -0.754. The molecule has 0 heterocycles. The summed E-state index contributed by atoms with van der Waals surface area (Å²) in [6, 6.07) is 2.54. The van der Waals surface area contributed by atoms with Crippen molar-refractivity contribution in [3.63, 3.8) is 0 Å². The molecule has 0 saturated heterocycles. The van der Waals surface area contributed by atoms with Gasteiger partial charge < -0.3 is 4.90 Å². The van der Waals surface area contributed by atoms with Crippen LogP contribution in [0.4, 0.5) is 0 Å². The Bertz CT molecular complexity index is 333. The van der Waals surface area contributed by atoms with E-state index >= 15 is 0 Å². The average Bonchev–Trinajstić information content (AvgIpc) is 2.60. The van der Waals surface area contributed by atoms with Crippen LogP contribution in [-0.4, -0.2) is 23.4 Å². The normalized spacial score (nSPS) is 19.0. The molecule has 1 aliphatic carbocycles. The third-order valence-corrected chi connectivity index (χ3v) is 4.03. The fraction of sp³-hybridized carbons (Fsp3) is 0.875. The standard InChI is InChI=1S/C16H28N2O/c1-13(2)11-18(14(3)4)15(19)16(12-17)9-7-5-6-8-10-16/h13-14H,5-11H2,1-4H3. The Labute approximate surface area is 118 Å². The topological polar surface area (TPSA) is 44.1 Å². The minimum absolute atomic E-state index is 0.0700. The zero-order chi connectivity index (χ0) is 14.5. The van der Waals surface area contributed by atoms with Gasteiger partial charge in [0.1, 0.15) is 5.41 Å². The number of rotatable bonds is 4. The van der Waals surface area contributed by atoms with E-state index in [1.807, 2.05) is 18.7 Å². The third kappa shape index (κ3) is 3.96. The van der Waals surface area contributed by atoms with Crippen molar-refractivity contribution in [2.24, 2.45) is 11.3 Å². The molecule has 3 nitrogen and oxygen atoms in total. The van der Waals surface area contributed by atoms with Crippen molar-refractivity contribution in [1.29, 1.82) is 5.26 Å². The Hall–Kier alpha value is -1.04. The molecule has 1 aliphatic rings. The van der Waals surface area contributed by atoms with Crippen LogP contribution in [0.1, 0.15) is 66.2 Å². The number of carbonyl (C=O) groups is 1. The molecule has 0 aromatic heterocycles. The van der Waals surface area contributed by atoms with Gasteiger partial charge in [0.05, 0.1) is 6.07 Å². The Kier molecular flexibility index (Phi) is 5.85. The van der Waals surface area contributed by atoms with E-state index in [0.717, 1.165) is 45.1 Å². The largest absolute Gasteiger partial charge is 0.339 e. The van der Waals surface area contributed by atoms with E-state index in [-0.39, 0.29) is 11.9 Å². The summed E-state index contributed by atoms with van der Waals surface area (Å²) in [6.45, 7) is 9.08. The third-order valence-electron chi connectivity index (χ3n) is 4.03. The maximum Gasteiger partial charge on any atom is 0.243 e. The lowest BCUT2D eigenvalue weighted by molar-refractivity contribution is -0.142. The van der Waals surface area contributed by atoms with Gasteiger partial charge in [0.2, 0.25) is 5.91 Å². The lowest BCUT2D eigenvalue weighted by atomic mass is 9.80. The molecular weight excluding hydrogens is 236 g/mol. The Morgan fingerprint density at radius 3 is 2.05 bits per heavy atom. The molecule has 108 valence electrons. The summed E-state index contributed by atoms with van der Waals surface area (Å²) in [5, 5.41) is 9.60. The van der Waals surface area contributed by atoms with Crippen LogP contribution in [0.5, 0.6) is 0 Å². The van der Waals surface area contributed by atoms with Crippen molar-refractivity contribution >= 4 is 5.91 Å². The van der Waals surface area contributed by atoms with Gasteiger partial charge in [-0.15, -0.1) is 0 Å². The summed E-state index contributed by atoms with van der Waals surface area (Å²) in [4.78, 5) is 14.8. The fourth-order valence-electron chi connectivity index (χ4n) is 2.90. The molecule has 0 aliphatic heterocycles. The molecule has 0 N–H and O–H groups in total. The maximum absolute atomic E-state index is 12.9. The summed E-state index contributed by atoms with van der Waals surface area (Å²) in [7, 11) is 0. The van der Waals surface area contributed by atoms with E-state index in [1.54, 1.807) is 0 Å². The number of carbonyl (C=O) groups excluding carboxylic acids is 1. The van der Waals surface area contributed by atoms with Crippen molar-refractivity contribution in [2.45, 2.75) is 72.3 Å². The Morgan fingerprint density at radius 1 is 1.16 bits per heavy atom. The van der Waals surface area contributed by atoms with Gasteiger partial charge in [0.25, 0.3) is 0 Å². The first kappa shape index (κ1) is 16.0. The van der Waals surface area contributed by atoms with Crippen LogP contribution in [0.3, 0.4) is 0 Å². The molecule has 1 rings (SSSR count). The second-order valence-corrected chi connectivity index (χ2v) is 6.55. The van der Waals surface area contributed by atoms with Crippen molar-refractivity contribution in [3.05, 3.63) is 0 Å². The van der Waals surface area contributed by atoms with Gasteiger partial charge in [-0.3, -0.25) is 4.79 Å². The molecule has 0 atom stereocenters. The minimum Gasteiger partial charge on any atom is -0.339 e. The summed E-state index contributed by atoms with van der Waals surface area (Å²) >= 11 is 0. The van der Waals surface area contributed by atoms with Gasteiger partial charge in [-0.25, -0.2) is 0 Å². The quantitative estimate of drug-likeness (QED) is 0.726. The summed E-state index contributed by atoms with van der Waals surface area (Å²) < 4.78 is 0. The van der Waals surface area contributed by atoms with Crippen molar-refractivity contribution in [3.8, 4) is 6.07 Å². The molecule has 1 amide bonds. The Balaban J connectivity index is 2.94. The lowest BCUT2D eigenvalue weighted by Gasteiger charge is -2.35. The predicted octanol–water partition coefficient (Wildman–Crippen LogP) is 3.74. The van der Waals surface area contributed by atoms with Crippen molar-refractivity contribution < 1.29 is 4.79 Å². The van der Waals surface area contributed by atoms with E-state index in [9.17, 15) is 10.1 Å². The second-order valence-electron chi connectivity index (χ2n) is 6.55. The second kappa shape index (κ2) is 6.93. The first-order valence-corrected chi connectivity index (χ1v) is 7.65. The number of nitriles is 1. The molecule has 0 unspecified atom stereocenters. The smallest absolute Gasteiger partial charge is 0.243 e. The first-order chi connectivity index (χ1) is 8.93. The van der Waals surface area contributed by atoms with E-state index in [2.05, 4.69) is 19.9 Å². The van der Waals surface area contributed by atoms with Gasteiger partial charge >= 0.3 is 0 Å². The van der Waals surface area contributed by atoms with Gasteiger partial charge in [0, 0.05) is 12.6 Å². The molecule has 3 heteroatoms.